The van der Waals surface area contributed by atoms with Crippen molar-refractivity contribution in [2.45, 2.75) is 56.4 Å². The lowest BCUT2D eigenvalue weighted by Gasteiger charge is -2.43. The van der Waals surface area contributed by atoms with Crippen molar-refractivity contribution in [3.8, 4) is 0 Å². The lowest BCUT2D eigenvalue weighted by Crippen LogP contribution is -2.97. The lowest BCUT2D eigenvalue weighted by molar-refractivity contribution is -0.735. The first kappa shape index (κ1) is 12.3. The average molecular weight is 228 g/mol. The molecule has 0 aromatic heterocycles. The molecule has 1 saturated carbocycles. The smallest absolute Gasteiger partial charge is 0.0762 e. The highest BCUT2D eigenvalue weighted by Gasteiger charge is 2.36. The van der Waals surface area contributed by atoms with E-state index in [0.717, 1.165) is 38.6 Å². The monoisotopic (exact) mass is 228 g/mol. The zero-order valence-corrected chi connectivity index (χ0v) is 10.1. The van der Waals surface area contributed by atoms with Crippen LogP contribution in [0.5, 0.6) is 0 Å². The van der Waals surface area contributed by atoms with Gasteiger partial charge in [-0.1, -0.05) is 12.5 Å². The van der Waals surface area contributed by atoms with Gasteiger partial charge >= 0.3 is 0 Å². The van der Waals surface area contributed by atoms with E-state index in [4.69, 9.17) is 10.5 Å². The van der Waals surface area contributed by atoms with Gasteiger partial charge in [0, 0.05) is 19.1 Å². The fraction of sp³-hybridized carbons (Fsp3) is 1.00. The summed E-state index contributed by atoms with van der Waals surface area (Å²) >= 11 is 0. The third-order valence-electron chi connectivity index (χ3n) is 4.28. The van der Waals surface area contributed by atoms with Crippen LogP contribution in [0.15, 0.2) is 0 Å². The molecule has 1 aliphatic heterocycles. The van der Waals surface area contributed by atoms with Gasteiger partial charge in [-0.2, -0.15) is 0 Å². The summed E-state index contributed by atoms with van der Waals surface area (Å²) < 4.78 is 5.35. The average Bonchev–Trinajstić information content (AvgIpc) is 2.29. The third-order valence-corrected chi connectivity index (χ3v) is 4.28. The molecule has 2 fully saturated rings. The maximum absolute atomic E-state index is 11.9. The normalized spacial score (nSPS) is 45.6. The summed E-state index contributed by atoms with van der Waals surface area (Å²) in [5.41, 5.74) is 6.09. The van der Waals surface area contributed by atoms with E-state index < -0.39 is 0 Å². The van der Waals surface area contributed by atoms with Crippen LogP contribution in [-0.2, 0) is 4.74 Å². The molecule has 94 valence electrons. The SMILES string of the molecule is COC1CCC(C2[NH2+]CCCC2[O-])CC1N. The summed E-state index contributed by atoms with van der Waals surface area (Å²) in [6.45, 7) is 1.11. The standard InChI is InChI=1S/C12H23N2O2/c1-16-11-5-4-8(7-9(11)13)12-10(15)3-2-6-14-12/h8-12,14H,2-7,13H2,1H3/q-1/p+1. The molecule has 4 nitrogen and oxygen atoms in total. The highest BCUT2D eigenvalue weighted by Crippen LogP contribution is 2.28. The number of hydrogen-bond acceptors (Lipinski definition) is 3. The zero-order valence-electron chi connectivity index (χ0n) is 10.1. The van der Waals surface area contributed by atoms with E-state index in [2.05, 4.69) is 5.32 Å². The van der Waals surface area contributed by atoms with E-state index in [1.54, 1.807) is 7.11 Å². The molecule has 0 radical (unpaired) electrons. The van der Waals surface area contributed by atoms with Crippen molar-refractivity contribution in [2.24, 2.45) is 11.7 Å². The van der Waals surface area contributed by atoms with Gasteiger partial charge in [0.05, 0.1) is 18.7 Å². The maximum atomic E-state index is 11.9. The van der Waals surface area contributed by atoms with Crippen molar-refractivity contribution in [2.75, 3.05) is 13.7 Å². The number of piperidine rings is 1. The first-order valence-electron chi connectivity index (χ1n) is 6.50. The first-order chi connectivity index (χ1) is 7.72. The number of ether oxygens (including phenoxy) is 1. The van der Waals surface area contributed by atoms with Crippen molar-refractivity contribution in [1.29, 1.82) is 0 Å². The summed E-state index contributed by atoms with van der Waals surface area (Å²) in [6, 6.07) is 0.379. The Hall–Kier alpha value is -0.160. The molecule has 1 saturated heterocycles. The van der Waals surface area contributed by atoms with Gasteiger partial charge in [-0.15, -0.1) is 0 Å². The molecule has 0 aromatic rings. The molecule has 1 aliphatic carbocycles. The van der Waals surface area contributed by atoms with Crippen LogP contribution in [0.3, 0.4) is 0 Å². The topological polar surface area (TPSA) is 74.9 Å². The molecule has 16 heavy (non-hydrogen) atoms. The number of nitrogens with two attached hydrogens (primary N) is 2. The summed E-state index contributed by atoms with van der Waals surface area (Å²) in [7, 11) is 1.73. The minimum absolute atomic E-state index is 0.117. The first-order valence-corrected chi connectivity index (χ1v) is 6.50. The molecule has 0 bridgehead atoms. The molecule has 5 atom stereocenters. The predicted molar refractivity (Wildman–Crippen MR) is 59.7 cm³/mol. The van der Waals surface area contributed by atoms with Gasteiger partial charge in [-0.3, -0.25) is 0 Å². The molecule has 2 rings (SSSR count). The Morgan fingerprint density at radius 2 is 2.12 bits per heavy atom. The van der Waals surface area contributed by atoms with Crippen molar-refractivity contribution in [3.05, 3.63) is 0 Å². The van der Waals surface area contributed by atoms with Crippen LogP contribution >= 0.6 is 0 Å². The Balaban J connectivity index is 1.90. The number of methoxy groups -OCH3 is 1. The van der Waals surface area contributed by atoms with Crippen LogP contribution in [0.2, 0.25) is 0 Å². The van der Waals surface area contributed by atoms with E-state index in [9.17, 15) is 5.11 Å². The van der Waals surface area contributed by atoms with Crippen LogP contribution in [-0.4, -0.2) is 37.9 Å². The van der Waals surface area contributed by atoms with Crippen molar-refractivity contribution in [1.82, 2.24) is 0 Å². The Morgan fingerprint density at radius 3 is 2.75 bits per heavy atom. The third kappa shape index (κ3) is 2.56. The second kappa shape index (κ2) is 5.45. The predicted octanol–water partition coefficient (Wildman–Crippen LogP) is -1.42. The van der Waals surface area contributed by atoms with Gasteiger partial charge in [-0.05, 0) is 25.7 Å². The fourth-order valence-corrected chi connectivity index (χ4v) is 3.32. The summed E-state index contributed by atoms with van der Waals surface area (Å²) in [6.07, 6.45) is 4.81. The van der Waals surface area contributed by atoms with E-state index in [1.165, 1.54) is 0 Å². The Labute approximate surface area is 97.5 Å². The van der Waals surface area contributed by atoms with Crippen LogP contribution < -0.4 is 16.2 Å². The molecule has 2 aliphatic rings. The molecule has 0 amide bonds. The number of rotatable bonds is 2. The molecule has 0 aromatic carbocycles. The fourth-order valence-electron chi connectivity index (χ4n) is 3.32. The van der Waals surface area contributed by atoms with Crippen LogP contribution in [0.4, 0.5) is 0 Å². The highest BCUT2D eigenvalue weighted by atomic mass is 16.5. The van der Waals surface area contributed by atoms with E-state index in [1.807, 2.05) is 0 Å². The van der Waals surface area contributed by atoms with Gasteiger partial charge < -0.3 is 20.9 Å². The second-order valence-corrected chi connectivity index (χ2v) is 5.29. The Bertz CT molecular complexity index is 225. The maximum Gasteiger partial charge on any atom is 0.0762 e. The van der Waals surface area contributed by atoms with E-state index in [-0.39, 0.29) is 24.3 Å². The summed E-state index contributed by atoms with van der Waals surface area (Å²) in [5, 5.41) is 14.2. The quantitative estimate of drug-likeness (QED) is 0.609. The Morgan fingerprint density at radius 1 is 1.31 bits per heavy atom. The molecular formula is C12H24N2O2. The van der Waals surface area contributed by atoms with Crippen molar-refractivity contribution in [3.63, 3.8) is 0 Å². The van der Waals surface area contributed by atoms with Crippen molar-refractivity contribution < 1.29 is 15.2 Å². The second-order valence-electron chi connectivity index (χ2n) is 5.29. The van der Waals surface area contributed by atoms with Gasteiger partial charge in [0.1, 0.15) is 0 Å². The van der Waals surface area contributed by atoms with Crippen molar-refractivity contribution >= 4 is 0 Å². The number of hydrogen-bond donors (Lipinski definition) is 2. The Kier molecular flexibility index (Phi) is 4.19. The van der Waals surface area contributed by atoms with E-state index >= 15 is 0 Å². The van der Waals surface area contributed by atoms with Crippen LogP contribution in [0.1, 0.15) is 32.1 Å². The summed E-state index contributed by atoms with van der Waals surface area (Å²) in [4.78, 5) is 0. The summed E-state index contributed by atoms with van der Waals surface area (Å²) in [5.74, 6) is 0.504. The zero-order chi connectivity index (χ0) is 11.5. The van der Waals surface area contributed by atoms with Gasteiger partial charge in [-0.25, -0.2) is 0 Å². The van der Waals surface area contributed by atoms with Gasteiger partial charge in [0.15, 0.2) is 0 Å². The lowest BCUT2D eigenvalue weighted by atomic mass is 9.77. The highest BCUT2D eigenvalue weighted by molar-refractivity contribution is 4.88. The van der Waals surface area contributed by atoms with Crippen LogP contribution in [0.25, 0.3) is 0 Å². The van der Waals surface area contributed by atoms with Crippen LogP contribution in [0, 0.1) is 5.92 Å². The minimum atomic E-state index is -0.384. The largest absolute Gasteiger partial charge is 0.848 e. The molecule has 0 spiro atoms. The molecule has 4 N–H and O–H groups in total. The van der Waals surface area contributed by atoms with Gasteiger partial charge in [0.25, 0.3) is 0 Å². The molecule has 4 heteroatoms. The molecular weight excluding hydrogens is 204 g/mol. The molecule has 1 heterocycles. The van der Waals surface area contributed by atoms with E-state index in [0.29, 0.717) is 5.92 Å². The molecule has 5 unspecified atom stereocenters. The number of quaternary nitrogens is 1. The van der Waals surface area contributed by atoms with Gasteiger partial charge in [0.2, 0.25) is 0 Å². The minimum Gasteiger partial charge on any atom is -0.848 e.